The first kappa shape index (κ1) is 17.9. The van der Waals surface area contributed by atoms with Crippen molar-refractivity contribution in [1.29, 1.82) is 0 Å². The molecule has 4 heteroatoms. The van der Waals surface area contributed by atoms with Gasteiger partial charge in [-0.15, -0.1) is 0 Å². The molecular formula is C21H26O4. The number of hydrogen-bond donors (Lipinski definition) is 2. The van der Waals surface area contributed by atoms with E-state index in [-0.39, 0.29) is 18.8 Å². The van der Waals surface area contributed by atoms with Gasteiger partial charge in [0.05, 0.1) is 32.0 Å². The molecule has 0 radical (unpaired) electrons. The van der Waals surface area contributed by atoms with Gasteiger partial charge in [0.2, 0.25) is 0 Å². The van der Waals surface area contributed by atoms with Gasteiger partial charge in [0, 0.05) is 12.8 Å². The van der Waals surface area contributed by atoms with Crippen LogP contribution in [0.4, 0.5) is 0 Å². The van der Waals surface area contributed by atoms with Gasteiger partial charge >= 0.3 is 0 Å². The molecule has 2 N–H and O–H groups in total. The quantitative estimate of drug-likeness (QED) is 0.876. The van der Waals surface area contributed by atoms with Crippen molar-refractivity contribution in [1.82, 2.24) is 0 Å². The van der Waals surface area contributed by atoms with E-state index in [1.54, 1.807) is 7.11 Å². The van der Waals surface area contributed by atoms with Gasteiger partial charge < -0.3 is 19.7 Å². The third-order valence-electron chi connectivity index (χ3n) is 4.88. The molecule has 0 amide bonds. The molecule has 3 atom stereocenters. The fourth-order valence-electron chi connectivity index (χ4n) is 3.37. The Labute approximate surface area is 149 Å². The van der Waals surface area contributed by atoms with E-state index in [0.29, 0.717) is 12.8 Å². The minimum atomic E-state index is -0.428. The molecular weight excluding hydrogens is 316 g/mol. The number of aliphatic hydroxyl groups excluding tert-OH is 2. The van der Waals surface area contributed by atoms with Crippen LogP contribution in [-0.2, 0) is 11.2 Å². The van der Waals surface area contributed by atoms with Crippen LogP contribution in [0.1, 0.15) is 41.2 Å². The lowest BCUT2D eigenvalue weighted by molar-refractivity contribution is -0.113. The van der Waals surface area contributed by atoms with Crippen LogP contribution in [0.15, 0.2) is 42.5 Å². The first-order valence-corrected chi connectivity index (χ1v) is 8.75. The Kier molecular flexibility index (Phi) is 5.74. The summed E-state index contributed by atoms with van der Waals surface area (Å²) in [5.41, 5.74) is 4.76. The molecule has 0 spiro atoms. The number of benzene rings is 2. The van der Waals surface area contributed by atoms with Crippen LogP contribution in [0.2, 0.25) is 0 Å². The highest BCUT2D eigenvalue weighted by molar-refractivity contribution is 5.38. The molecule has 0 bridgehead atoms. The van der Waals surface area contributed by atoms with Gasteiger partial charge in [-0.2, -0.15) is 0 Å². The molecule has 134 valence electrons. The van der Waals surface area contributed by atoms with Gasteiger partial charge in [0.25, 0.3) is 0 Å². The molecule has 3 unspecified atom stereocenters. The second kappa shape index (κ2) is 8.00. The molecule has 0 saturated carbocycles. The van der Waals surface area contributed by atoms with Gasteiger partial charge in [-0.1, -0.05) is 30.3 Å². The third kappa shape index (κ3) is 4.40. The van der Waals surface area contributed by atoms with Crippen LogP contribution in [-0.4, -0.2) is 36.1 Å². The van der Waals surface area contributed by atoms with Gasteiger partial charge in [0.15, 0.2) is 0 Å². The van der Waals surface area contributed by atoms with E-state index in [0.717, 1.165) is 17.7 Å². The maximum absolute atomic E-state index is 10.0. The highest BCUT2D eigenvalue weighted by Gasteiger charge is 2.29. The highest BCUT2D eigenvalue weighted by atomic mass is 16.5. The predicted molar refractivity (Wildman–Crippen MR) is 96.9 cm³/mol. The molecule has 1 heterocycles. The lowest BCUT2D eigenvalue weighted by Crippen LogP contribution is -2.33. The monoisotopic (exact) mass is 342 g/mol. The van der Waals surface area contributed by atoms with Crippen molar-refractivity contribution in [2.45, 2.75) is 44.5 Å². The Bertz CT molecular complexity index is 696. The summed E-state index contributed by atoms with van der Waals surface area (Å²) in [6.07, 6.45) is 1.01. The zero-order valence-corrected chi connectivity index (χ0v) is 14.8. The SMILES string of the molecule is COc1ccc(Cc2cc(C3CC(O)CC(CO)O3)ccc2C)cc1. The minimum Gasteiger partial charge on any atom is -0.497 e. The maximum Gasteiger partial charge on any atom is 0.118 e. The summed E-state index contributed by atoms with van der Waals surface area (Å²) in [6.45, 7) is 2.05. The number of rotatable bonds is 5. The molecule has 2 aromatic carbocycles. The van der Waals surface area contributed by atoms with Crippen molar-refractivity contribution in [3.63, 3.8) is 0 Å². The topological polar surface area (TPSA) is 58.9 Å². The van der Waals surface area contributed by atoms with Gasteiger partial charge in [0.1, 0.15) is 5.75 Å². The first-order chi connectivity index (χ1) is 12.1. The van der Waals surface area contributed by atoms with E-state index in [1.165, 1.54) is 16.7 Å². The fraction of sp³-hybridized carbons (Fsp3) is 0.429. The van der Waals surface area contributed by atoms with Crippen molar-refractivity contribution < 1.29 is 19.7 Å². The number of ether oxygens (including phenoxy) is 2. The van der Waals surface area contributed by atoms with E-state index < -0.39 is 6.10 Å². The molecule has 25 heavy (non-hydrogen) atoms. The second-order valence-corrected chi connectivity index (χ2v) is 6.77. The average Bonchev–Trinajstić information content (AvgIpc) is 2.63. The zero-order valence-electron chi connectivity index (χ0n) is 14.8. The lowest BCUT2D eigenvalue weighted by atomic mass is 9.92. The van der Waals surface area contributed by atoms with Gasteiger partial charge in [-0.25, -0.2) is 0 Å². The fourth-order valence-corrected chi connectivity index (χ4v) is 3.37. The summed E-state index contributed by atoms with van der Waals surface area (Å²) in [4.78, 5) is 0. The van der Waals surface area contributed by atoms with Crippen LogP contribution in [0.5, 0.6) is 5.75 Å². The van der Waals surface area contributed by atoms with Crippen LogP contribution in [0, 0.1) is 6.92 Å². The molecule has 2 aromatic rings. The Hall–Kier alpha value is -1.88. The number of hydrogen-bond acceptors (Lipinski definition) is 4. The predicted octanol–water partition coefficient (Wildman–Crippen LogP) is 3.17. The molecule has 1 aliphatic rings. The Morgan fingerprint density at radius 3 is 2.56 bits per heavy atom. The normalized spacial score (nSPS) is 23.4. The van der Waals surface area contributed by atoms with Gasteiger partial charge in [-0.3, -0.25) is 0 Å². The summed E-state index contributed by atoms with van der Waals surface area (Å²) in [7, 11) is 1.67. The Morgan fingerprint density at radius 1 is 1.12 bits per heavy atom. The molecule has 0 aromatic heterocycles. The van der Waals surface area contributed by atoms with E-state index in [9.17, 15) is 10.2 Å². The Balaban J connectivity index is 1.79. The van der Waals surface area contributed by atoms with E-state index in [4.69, 9.17) is 9.47 Å². The highest BCUT2D eigenvalue weighted by Crippen LogP contribution is 2.32. The Morgan fingerprint density at radius 2 is 1.88 bits per heavy atom. The van der Waals surface area contributed by atoms with Crippen LogP contribution in [0.25, 0.3) is 0 Å². The number of methoxy groups -OCH3 is 1. The van der Waals surface area contributed by atoms with Crippen molar-refractivity contribution in [3.05, 3.63) is 64.7 Å². The summed E-state index contributed by atoms with van der Waals surface area (Å²) >= 11 is 0. The molecule has 0 aliphatic carbocycles. The standard InChI is InChI=1S/C21H26O4/c1-14-3-6-16(21-12-18(23)11-20(13-22)25-21)10-17(14)9-15-4-7-19(24-2)8-5-15/h3-8,10,18,20-23H,9,11-13H2,1-2H3. The number of aliphatic hydroxyl groups is 2. The lowest BCUT2D eigenvalue weighted by Gasteiger charge is -2.32. The molecule has 1 fully saturated rings. The van der Waals surface area contributed by atoms with Crippen molar-refractivity contribution in [2.24, 2.45) is 0 Å². The first-order valence-electron chi connectivity index (χ1n) is 8.75. The summed E-state index contributed by atoms with van der Waals surface area (Å²) in [5, 5.41) is 19.4. The van der Waals surface area contributed by atoms with Crippen LogP contribution in [0.3, 0.4) is 0 Å². The van der Waals surface area contributed by atoms with E-state index in [1.807, 2.05) is 12.1 Å². The molecule has 4 nitrogen and oxygen atoms in total. The van der Waals surface area contributed by atoms with Crippen molar-refractivity contribution >= 4 is 0 Å². The minimum absolute atomic E-state index is 0.0574. The van der Waals surface area contributed by atoms with Crippen molar-refractivity contribution in [3.8, 4) is 5.75 Å². The molecule has 1 aliphatic heterocycles. The summed E-state index contributed by atoms with van der Waals surface area (Å²) in [5.74, 6) is 0.855. The van der Waals surface area contributed by atoms with E-state index >= 15 is 0 Å². The van der Waals surface area contributed by atoms with Gasteiger partial charge in [-0.05, 0) is 47.7 Å². The average molecular weight is 342 g/mol. The third-order valence-corrected chi connectivity index (χ3v) is 4.88. The second-order valence-electron chi connectivity index (χ2n) is 6.77. The van der Waals surface area contributed by atoms with E-state index in [2.05, 4.69) is 37.3 Å². The zero-order chi connectivity index (χ0) is 17.8. The van der Waals surface area contributed by atoms with Crippen LogP contribution >= 0.6 is 0 Å². The smallest absolute Gasteiger partial charge is 0.118 e. The maximum atomic E-state index is 10.0. The van der Waals surface area contributed by atoms with Crippen molar-refractivity contribution in [2.75, 3.05) is 13.7 Å². The number of aryl methyl sites for hydroxylation is 1. The molecule has 1 saturated heterocycles. The molecule has 3 rings (SSSR count). The van der Waals surface area contributed by atoms with Crippen LogP contribution < -0.4 is 4.74 Å². The largest absolute Gasteiger partial charge is 0.497 e. The summed E-state index contributed by atoms with van der Waals surface area (Å²) in [6, 6.07) is 14.4. The summed E-state index contributed by atoms with van der Waals surface area (Å²) < 4.78 is 11.2.